The molecule has 0 saturated carbocycles. The molecule has 4 heteroatoms. The van der Waals surface area contributed by atoms with Crippen molar-refractivity contribution in [2.45, 2.75) is 13.5 Å². The Balaban J connectivity index is 2.89. The molecule has 2 nitrogen and oxygen atoms in total. The van der Waals surface area contributed by atoms with Crippen molar-refractivity contribution in [1.82, 2.24) is 4.98 Å². The van der Waals surface area contributed by atoms with Gasteiger partial charge in [0, 0.05) is 21.2 Å². The van der Waals surface area contributed by atoms with Gasteiger partial charge in [0.2, 0.25) is 0 Å². The van der Waals surface area contributed by atoms with Crippen LogP contribution in [0.4, 0.5) is 4.39 Å². The Kier molecular flexibility index (Phi) is 2.88. The van der Waals surface area contributed by atoms with Crippen molar-refractivity contribution in [3.63, 3.8) is 0 Å². The zero-order valence-electron chi connectivity index (χ0n) is 8.22. The molecular formula is C11H10FIN2. The fourth-order valence-electron chi connectivity index (χ4n) is 1.63. The molecule has 2 N–H and O–H groups in total. The first-order valence-electron chi connectivity index (χ1n) is 4.57. The van der Waals surface area contributed by atoms with Gasteiger partial charge in [-0.15, -0.1) is 0 Å². The minimum atomic E-state index is -0.282. The predicted octanol–water partition coefficient (Wildman–Crippen LogP) is 2.75. The normalized spacial score (nSPS) is 10.9. The number of aryl methyl sites for hydroxylation is 1. The third-order valence-corrected chi connectivity index (χ3v) is 2.89. The molecule has 1 aromatic heterocycles. The van der Waals surface area contributed by atoms with Gasteiger partial charge in [-0.2, -0.15) is 0 Å². The number of hydrogen-bond acceptors (Lipinski definition) is 2. The second-order valence-corrected chi connectivity index (χ2v) is 4.66. The minimum absolute atomic E-state index is 0.282. The molecule has 78 valence electrons. The number of pyridine rings is 1. The van der Waals surface area contributed by atoms with E-state index in [1.165, 1.54) is 6.07 Å². The molecule has 0 atom stereocenters. The van der Waals surface area contributed by atoms with Gasteiger partial charge in [-0.3, -0.25) is 4.98 Å². The molecule has 0 aliphatic rings. The second kappa shape index (κ2) is 4.02. The number of rotatable bonds is 1. The second-order valence-electron chi connectivity index (χ2n) is 3.41. The number of halogens is 2. The third kappa shape index (κ3) is 1.96. The Hall–Kier alpha value is -0.750. The molecule has 1 aromatic carbocycles. The van der Waals surface area contributed by atoms with Crippen LogP contribution in [0.25, 0.3) is 10.9 Å². The van der Waals surface area contributed by atoms with Crippen LogP contribution in [0.1, 0.15) is 11.3 Å². The van der Waals surface area contributed by atoms with E-state index in [0.29, 0.717) is 12.1 Å². The van der Waals surface area contributed by atoms with E-state index >= 15 is 0 Å². The number of fused-ring (bicyclic) bond motifs is 1. The molecule has 0 amide bonds. The van der Waals surface area contributed by atoms with E-state index in [4.69, 9.17) is 5.73 Å². The van der Waals surface area contributed by atoms with E-state index in [2.05, 4.69) is 27.6 Å². The molecule has 0 bridgehead atoms. The maximum Gasteiger partial charge on any atom is 0.150 e. The van der Waals surface area contributed by atoms with Crippen LogP contribution < -0.4 is 5.73 Å². The largest absolute Gasteiger partial charge is 0.326 e. The third-order valence-electron chi connectivity index (χ3n) is 2.27. The SMILES string of the molecule is Cc1cc(CN)c2cc(I)cc(F)c2n1. The van der Waals surface area contributed by atoms with Crippen molar-refractivity contribution in [3.05, 3.63) is 38.8 Å². The maximum absolute atomic E-state index is 13.6. The monoisotopic (exact) mass is 316 g/mol. The fourth-order valence-corrected chi connectivity index (χ4v) is 2.22. The first-order valence-corrected chi connectivity index (χ1v) is 5.65. The Labute approximate surface area is 101 Å². The Morgan fingerprint density at radius 2 is 2.13 bits per heavy atom. The highest BCUT2D eigenvalue weighted by atomic mass is 127. The van der Waals surface area contributed by atoms with Gasteiger partial charge < -0.3 is 5.73 Å². The van der Waals surface area contributed by atoms with Crippen LogP contribution in [-0.4, -0.2) is 4.98 Å². The summed E-state index contributed by atoms with van der Waals surface area (Å²) in [5.74, 6) is -0.282. The molecule has 15 heavy (non-hydrogen) atoms. The lowest BCUT2D eigenvalue weighted by atomic mass is 10.1. The number of hydrogen-bond donors (Lipinski definition) is 1. The van der Waals surface area contributed by atoms with Crippen molar-refractivity contribution in [2.75, 3.05) is 0 Å². The number of nitrogens with zero attached hydrogens (tertiary/aromatic N) is 1. The molecule has 2 rings (SSSR count). The van der Waals surface area contributed by atoms with Crippen LogP contribution in [0.5, 0.6) is 0 Å². The van der Waals surface area contributed by atoms with Gasteiger partial charge in [-0.05, 0) is 53.3 Å². The van der Waals surface area contributed by atoms with Gasteiger partial charge in [0.15, 0.2) is 0 Å². The van der Waals surface area contributed by atoms with Crippen LogP contribution in [0.15, 0.2) is 18.2 Å². The van der Waals surface area contributed by atoms with E-state index in [1.54, 1.807) is 0 Å². The minimum Gasteiger partial charge on any atom is -0.326 e. The van der Waals surface area contributed by atoms with Crippen LogP contribution in [0.3, 0.4) is 0 Å². The predicted molar refractivity (Wildman–Crippen MR) is 67.0 cm³/mol. The summed E-state index contributed by atoms with van der Waals surface area (Å²) in [6, 6.07) is 5.29. The van der Waals surface area contributed by atoms with E-state index in [1.807, 2.05) is 19.1 Å². The molecule has 1 heterocycles. The average molecular weight is 316 g/mol. The maximum atomic E-state index is 13.6. The van der Waals surface area contributed by atoms with Gasteiger partial charge in [-0.25, -0.2) is 4.39 Å². The lowest BCUT2D eigenvalue weighted by molar-refractivity contribution is 0.635. The number of nitrogens with two attached hydrogens (primary N) is 1. The highest BCUT2D eigenvalue weighted by Crippen LogP contribution is 2.23. The molecule has 0 fully saturated rings. The van der Waals surface area contributed by atoms with Crippen molar-refractivity contribution in [3.8, 4) is 0 Å². The highest BCUT2D eigenvalue weighted by molar-refractivity contribution is 14.1. The molecule has 0 radical (unpaired) electrons. The molecule has 2 aromatic rings. The summed E-state index contributed by atoms with van der Waals surface area (Å²) in [7, 11) is 0. The Morgan fingerprint density at radius 3 is 2.80 bits per heavy atom. The van der Waals surface area contributed by atoms with Crippen molar-refractivity contribution >= 4 is 33.5 Å². The van der Waals surface area contributed by atoms with E-state index in [9.17, 15) is 4.39 Å². The van der Waals surface area contributed by atoms with Crippen molar-refractivity contribution in [2.24, 2.45) is 5.73 Å². The molecule has 0 aliphatic carbocycles. The summed E-state index contributed by atoms with van der Waals surface area (Å²) in [4.78, 5) is 4.19. The van der Waals surface area contributed by atoms with E-state index < -0.39 is 0 Å². The molecular weight excluding hydrogens is 306 g/mol. The number of benzene rings is 1. The zero-order valence-corrected chi connectivity index (χ0v) is 10.4. The van der Waals surface area contributed by atoms with Gasteiger partial charge >= 0.3 is 0 Å². The number of aromatic nitrogens is 1. The molecule has 0 spiro atoms. The van der Waals surface area contributed by atoms with Gasteiger partial charge in [0.25, 0.3) is 0 Å². The Bertz CT molecular complexity index is 525. The van der Waals surface area contributed by atoms with Gasteiger partial charge in [-0.1, -0.05) is 0 Å². The van der Waals surface area contributed by atoms with Crippen LogP contribution in [0, 0.1) is 16.3 Å². The van der Waals surface area contributed by atoms with Gasteiger partial charge in [0.1, 0.15) is 11.3 Å². The summed E-state index contributed by atoms with van der Waals surface area (Å²) in [5.41, 5.74) is 7.78. The van der Waals surface area contributed by atoms with Crippen LogP contribution in [-0.2, 0) is 6.54 Å². The molecule has 0 saturated heterocycles. The molecule has 0 unspecified atom stereocenters. The van der Waals surface area contributed by atoms with Crippen molar-refractivity contribution in [1.29, 1.82) is 0 Å². The topological polar surface area (TPSA) is 38.9 Å². The fraction of sp³-hybridized carbons (Fsp3) is 0.182. The molecule has 0 aliphatic heterocycles. The van der Waals surface area contributed by atoms with Gasteiger partial charge in [0.05, 0.1) is 0 Å². The summed E-state index contributed by atoms with van der Waals surface area (Å²) < 4.78 is 14.5. The summed E-state index contributed by atoms with van der Waals surface area (Å²) in [6.45, 7) is 2.25. The van der Waals surface area contributed by atoms with Crippen LogP contribution in [0.2, 0.25) is 0 Å². The first kappa shape index (κ1) is 10.8. The smallest absolute Gasteiger partial charge is 0.150 e. The summed E-state index contributed by atoms with van der Waals surface area (Å²) in [5, 5.41) is 0.813. The van der Waals surface area contributed by atoms with E-state index in [-0.39, 0.29) is 5.82 Å². The summed E-state index contributed by atoms with van der Waals surface area (Å²) in [6.07, 6.45) is 0. The summed E-state index contributed by atoms with van der Waals surface area (Å²) >= 11 is 2.09. The van der Waals surface area contributed by atoms with Crippen molar-refractivity contribution < 1.29 is 4.39 Å². The lowest BCUT2D eigenvalue weighted by Gasteiger charge is -2.07. The Morgan fingerprint density at radius 1 is 1.40 bits per heavy atom. The lowest BCUT2D eigenvalue weighted by Crippen LogP contribution is -2.01. The standard InChI is InChI=1S/C11H10FIN2/c1-6-2-7(5-14)9-3-8(13)4-10(12)11(9)15-6/h2-4H,5,14H2,1H3. The zero-order chi connectivity index (χ0) is 11.0. The quantitative estimate of drug-likeness (QED) is 0.822. The van der Waals surface area contributed by atoms with Crippen LogP contribution >= 0.6 is 22.6 Å². The highest BCUT2D eigenvalue weighted by Gasteiger charge is 2.08. The average Bonchev–Trinajstić information content (AvgIpc) is 2.18. The van der Waals surface area contributed by atoms with E-state index in [0.717, 1.165) is 20.2 Å². The first-order chi connectivity index (χ1) is 7.11.